The van der Waals surface area contributed by atoms with Crippen molar-refractivity contribution >= 4 is 17.7 Å². The minimum absolute atomic E-state index is 0.0142. The number of ether oxygens (including phenoxy) is 1. The van der Waals surface area contributed by atoms with Crippen LogP contribution in [0.1, 0.15) is 10.4 Å². The molecule has 2 N–H and O–H groups in total. The predicted molar refractivity (Wildman–Crippen MR) is 67.1 cm³/mol. The molecule has 1 atom stereocenters. The number of nitrogens with zero attached hydrogens (tertiary/aromatic N) is 3. The molecule has 1 unspecified atom stereocenters. The van der Waals surface area contributed by atoms with Crippen LogP contribution in [0.5, 0.6) is 0 Å². The summed E-state index contributed by atoms with van der Waals surface area (Å²) in [6.45, 7) is 0.837. The Hall–Kier alpha value is -2.66. The molecule has 8 heteroatoms. The fourth-order valence-corrected chi connectivity index (χ4v) is 1.74. The SMILES string of the molecule is N#CC1CN(C(=O)Nc2cncc(C(=O)O)c2)CCO1. The number of carbonyl (C=O) groups excluding carboxylic acids is 1. The van der Waals surface area contributed by atoms with Gasteiger partial charge in [0, 0.05) is 12.7 Å². The number of hydrogen-bond donors (Lipinski definition) is 2. The van der Waals surface area contributed by atoms with Crippen molar-refractivity contribution in [2.45, 2.75) is 6.10 Å². The van der Waals surface area contributed by atoms with Crippen molar-refractivity contribution in [3.8, 4) is 6.07 Å². The molecule has 20 heavy (non-hydrogen) atoms. The van der Waals surface area contributed by atoms with Gasteiger partial charge in [0.05, 0.1) is 36.7 Å². The Morgan fingerprint density at radius 2 is 2.35 bits per heavy atom. The number of urea groups is 1. The Morgan fingerprint density at radius 3 is 3.05 bits per heavy atom. The molecule has 1 aromatic heterocycles. The third-order valence-electron chi connectivity index (χ3n) is 2.73. The molecule has 8 nitrogen and oxygen atoms in total. The number of carbonyl (C=O) groups is 2. The van der Waals surface area contributed by atoms with Gasteiger partial charge < -0.3 is 20.1 Å². The fraction of sp³-hybridized carbons (Fsp3) is 0.333. The maximum absolute atomic E-state index is 12.0. The standard InChI is InChI=1S/C12H12N4O4/c13-4-10-7-16(1-2-20-10)12(19)15-9-3-8(11(17)18)5-14-6-9/h3,5-6,10H,1-2,7H2,(H,15,19)(H,17,18). The van der Waals surface area contributed by atoms with Crippen molar-refractivity contribution in [3.63, 3.8) is 0 Å². The molecule has 2 heterocycles. The van der Waals surface area contributed by atoms with Crippen molar-refractivity contribution in [2.24, 2.45) is 0 Å². The normalized spacial score (nSPS) is 18.1. The van der Waals surface area contributed by atoms with Gasteiger partial charge in [-0.1, -0.05) is 0 Å². The van der Waals surface area contributed by atoms with E-state index in [1.165, 1.54) is 23.4 Å². The first kappa shape index (κ1) is 13.8. The van der Waals surface area contributed by atoms with Crippen LogP contribution in [0.4, 0.5) is 10.5 Å². The molecule has 0 spiro atoms. The Bertz CT molecular complexity index is 569. The van der Waals surface area contributed by atoms with Crippen LogP contribution >= 0.6 is 0 Å². The van der Waals surface area contributed by atoms with E-state index in [2.05, 4.69) is 10.3 Å². The van der Waals surface area contributed by atoms with Gasteiger partial charge in [-0.15, -0.1) is 0 Å². The van der Waals surface area contributed by atoms with E-state index < -0.39 is 18.1 Å². The summed E-state index contributed by atoms with van der Waals surface area (Å²) in [6, 6.07) is 2.84. The molecule has 0 bridgehead atoms. The van der Waals surface area contributed by atoms with E-state index >= 15 is 0 Å². The molecule has 1 aliphatic heterocycles. The number of pyridine rings is 1. The minimum atomic E-state index is -1.12. The summed E-state index contributed by atoms with van der Waals surface area (Å²) in [5.74, 6) is -1.12. The Morgan fingerprint density at radius 1 is 1.55 bits per heavy atom. The monoisotopic (exact) mass is 276 g/mol. The number of aromatic carboxylic acids is 1. The highest BCUT2D eigenvalue weighted by molar-refractivity contribution is 5.92. The summed E-state index contributed by atoms with van der Waals surface area (Å²) in [6.07, 6.45) is 1.91. The van der Waals surface area contributed by atoms with Crippen LogP contribution < -0.4 is 5.32 Å². The Labute approximate surface area is 114 Å². The molecule has 0 saturated carbocycles. The first-order chi connectivity index (χ1) is 9.60. The van der Waals surface area contributed by atoms with Crippen LogP contribution in [0.15, 0.2) is 18.5 Å². The van der Waals surface area contributed by atoms with E-state index in [1.54, 1.807) is 0 Å². The van der Waals surface area contributed by atoms with E-state index in [-0.39, 0.29) is 17.8 Å². The number of rotatable bonds is 2. The van der Waals surface area contributed by atoms with Crippen LogP contribution in [0.3, 0.4) is 0 Å². The van der Waals surface area contributed by atoms with Crippen molar-refractivity contribution in [1.82, 2.24) is 9.88 Å². The lowest BCUT2D eigenvalue weighted by Crippen LogP contribution is -2.46. The summed E-state index contributed by atoms with van der Waals surface area (Å²) in [7, 11) is 0. The number of nitriles is 1. The lowest BCUT2D eigenvalue weighted by molar-refractivity contribution is 0.0181. The molecule has 0 aliphatic carbocycles. The van der Waals surface area contributed by atoms with Crippen LogP contribution in [0.2, 0.25) is 0 Å². The Kier molecular flexibility index (Phi) is 4.12. The summed E-state index contributed by atoms with van der Waals surface area (Å²) >= 11 is 0. The maximum atomic E-state index is 12.0. The number of carboxylic acids is 1. The van der Waals surface area contributed by atoms with Crippen LogP contribution in [-0.4, -0.2) is 52.8 Å². The number of amides is 2. The Balaban J connectivity index is 2.02. The lowest BCUT2D eigenvalue weighted by atomic mass is 10.2. The van der Waals surface area contributed by atoms with Gasteiger partial charge in [0.2, 0.25) is 0 Å². The quantitative estimate of drug-likeness (QED) is 0.814. The number of aromatic nitrogens is 1. The molecular weight excluding hydrogens is 264 g/mol. The van der Waals surface area contributed by atoms with Crippen LogP contribution in [-0.2, 0) is 4.74 Å². The van der Waals surface area contributed by atoms with Gasteiger partial charge in [-0.05, 0) is 6.07 Å². The zero-order valence-electron chi connectivity index (χ0n) is 10.4. The molecule has 1 saturated heterocycles. The van der Waals surface area contributed by atoms with E-state index in [0.717, 1.165) is 0 Å². The van der Waals surface area contributed by atoms with Gasteiger partial charge in [0.1, 0.15) is 0 Å². The summed E-state index contributed by atoms with van der Waals surface area (Å²) in [5, 5.41) is 20.2. The van der Waals surface area contributed by atoms with Gasteiger partial charge >= 0.3 is 12.0 Å². The summed E-state index contributed by atoms with van der Waals surface area (Å²) in [5.41, 5.74) is 0.273. The van der Waals surface area contributed by atoms with Crippen molar-refractivity contribution in [2.75, 3.05) is 25.0 Å². The van der Waals surface area contributed by atoms with Crippen LogP contribution in [0.25, 0.3) is 0 Å². The molecule has 2 rings (SSSR count). The molecule has 1 aliphatic rings. The second kappa shape index (κ2) is 5.99. The number of anilines is 1. The summed E-state index contributed by atoms with van der Waals surface area (Å²) < 4.78 is 5.14. The molecule has 104 valence electrons. The van der Waals surface area contributed by atoms with E-state index in [0.29, 0.717) is 13.2 Å². The highest BCUT2D eigenvalue weighted by Gasteiger charge is 2.24. The lowest BCUT2D eigenvalue weighted by Gasteiger charge is -2.29. The van der Waals surface area contributed by atoms with E-state index in [1.807, 2.05) is 6.07 Å². The highest BCUT2D eigenvalue weighted by atomic mass is 16.5. The third kappa shape index (κ3) is 3.21. The van der Waals surface area contributed by atoms with E-state index in [9.17, 15) is 9.59 Å². The molecule has 1 aromatic rings. The zero-order valence-corrected chi connectivity index (χ0v) is 10.4. The topological polar surface area (TPSA) is 116 Å². The smallest absolute Gasteiger partial charge is 0.337 e. The van der Waals surface area contributed by atoms with Crippen molar-refractivity contribution < 1.29 is 19.4 Å². The van der Waals surface area contributed by atoms with Crippen molar-refractivity contribution in [3.05, 3.63) is 24.0 Å². The predicted octanol–water partition coefficient (Wildman–Crippen LogP) is 0.536. The van der Waals surface area contributed by atoms with Gasteiger partial charge in [0.15, 0.2) is 6.10 Å². The number of hydrogen-bond acceptors (Lipinski definition) is 5. The van der Waals surface area contributed by atoms with Crippen molar-refractivity contribution in [1.29, 1.82) is 5.26 Å². The number of morpholine rings is 1. The maximum Gasteiger partial charge on any atom is 0.337 e. The molecule has 0 radical (unpaired) electrons. The van der Waals surface area contributed by atoms with Gasteiger partial charge in [-0.3, -0.25) is 4.98 Å². The highest BCUT2D eigenvalue weighted by Crippen LogP contribution is 2.11. The average Bonchev–Trinajstić information content (AvgIpc) is 2.47. The van der Waals surface area contributed by atoms with Gasteiger partial charge in [-0.25, -0.2) is 9.59 Å². The molecule has 0 aromatic carbocycles. The largest absolute Gasteiger partial charge is 0.478 e. The molecule has 2 amide bonds. The second-order valence-electron chi connectivity index (χ2n) is 4.13. The van der Waals surface area contributed by atoms with E-state index in [4.69, 9.17) is 15.1 Å². The zero-order chi connectivity index (χ0) is 14.5. The van der Waals surface area contributed by atoms with Gasteiger partial charge in [0.25, 0.3) is 0 Å². The second-order valence-corrected chi connectivity index (χ2v) is 4.13. The van der Waals surface area contributed by atoms with Crippen LogP contribution in [0, 0.1) is 11.3 Å². The average molecular weight is 276 g/mol. The third-order valence-corrected chi connectivity index (χ3v) is 2.73. The number of carboxylic acid groups (broad SMARTS) is 1. The van der Waals surface area contributed by atoms with Gasteiger partial charge in [-0.2, -0.15) is 5.26 Å². The summed E-state index contributed by atoms with van der Waals surface area (Å²) in [4.78, 5) is 28.0. The molecule has 1 fully saturated rings. The first-order valence-electron chi connectivity index (χ1n) is 5.85. The first-order valence-corrected chi connectivity index (χ1v) is 5.85. The fourth-order valence-electron chi connectivity index (χ4n) is 1.74. The molecular formula is C12H12N4O4. The number of nitrogens with one attached hydrogen (secondary N) is 1. The minimum Gasteiger partial charge on any atom is -0.478 e.